The van der Waals surface area contributed by atoms with E-state index in [9.17, 15) is 0 Å². The van der Waals surface area contributed by atoms with Crippen LogP contribution in [-0.2, 0) is 11.3 Å². The third-order valence-corrected chi connectivity index (χ3v) is 3.45. The summed E-state index contributed by atoms with van der Waals surface area (Å²) in [6.07, 6.45) is 3.87. The van der Waals surface area contributed by atoms with Gasteiger partial charge in [0.25, 0.3) is 0 Å². The summed E-state index contributed by atoms with van der Waals surface area (Å²) in [6, 6.07) is 11.8. The van der Waals surface area contributed by atoms with Gasteiger partial charge in [-0.15, -0.1) is 0 Å². The van der Waals surface area contributed by atoms with Crippen LogP contribution in [0.3, 0.4) is 0 Å². The number of rotatable bonds is 3. The van der Waals surface area contributed by atoms with Crippen LogP contribution in [0.4, 0.5) is 5.69 Å². The quantitative estimate of drug-likeness (QED) is 0.849. The molecular formula is C15H16N4O. The van der Waals surface area contributed by atoms with Crippen LogP contribution in [0.2, 0.25) is 0 Å². The molecule has 0 bridgehead atoms. The minimum Gasteiger partial charge on any atom is -0.373 e. The van der Waals surface area contributed by atoms with Gasteiger partial charge < -0.3 is 9.64 Å². The van der Waals surface area contributed by atoms with Gasteiger partial charge in [-0.3, -0.25) is 4.68 Å². The summed E-state index contributed by atoms with van der Waals surface area (Å²) < 4.78 is 7.69. The lowest BCUT2D eigenvalue weighted by atomic mass is 10.2. The van der Waals surface area contributed by atoms with Crippen molar-refractivity contribution in [2.24, 2.45) is 0 Å². The number of hydrogen-bond donors (Lipinski definition) is 0. The Labute approximate surface area is 118 Å². The number of ether oxygens (including phenoxy) is 1. The van der Waals surface area contributed by atoms with Gasteiger partial charge in [-0.25, -0.2) is 0 Å². The average molecular weight is 268 g/mol. The average Bonchev–Trinajstić information content (AvgIpc) is 3.01. The second kappa shape index (κ2) is 5.76. The SMILES string of the molecule is N#Cc1ccc(N2CCO[C@H](Cn3cccn3)C2)cc1. The summed E-state index contributed by atoms with van der Waals surface area (Å²) in [5.74, 6) is 0. The van der Waals surface area contributed by atoms with E-state index in [-0.39, 0.29) is 6.10 Å². The molecule has 0 amide bonds. The first-order valence-electron chi connectivity index (χ1n) is 6.69. The van der Waals surface area contributed by atoms with Gasteiger partial charge in [0.1, 0.15) is 0 Å². The van der Waals surface area contributed by atoms with Crippen LogP contribution in [0.5, 0.6) is 0 Å². The molecule has 5 nitrogen and oxygen atoms in total. The van der Waals surface area contributed by atoms with Crippen LogP contribution in [-0.4, -0.2) is 35.6 Å². The second-order valence-corrected chi connectivity index (χ2v) is 4.83. The highest BCUT2D eigenvalue weighted by Crippen LogP contribution is 2.18. The van der Waals surface area contributed by atoms with E-state index in [4.69, 9.17) is 10.00 Å². The molecule has 1 saturated heterocycles. The van der Waals surface area contributed by atoms with Crippen molar-refractivity contribution >= 4 is 5.69 Å². The van der Waals surface area contributed by atoms with Crippen molar-refractivity contribution in [1.29, 1.82) is 5.26 Å². The summed E-state index contributed by atoms with van der Waals surface area (Å²) >= 11 is 0. The van der Waals surface area contributed by atoms with E-state index < -0.39 is 0 Å². The molecule has 1 aromatic heterocycles. The van der Waals surface area contributed by atoms with Crippen molar-refractivity contribution in [3.8, 4) is 6.07 Å². The molecule has 3 rings (SSSR count). The smallest absolute Gasteiger partial charge is 0.0991 e. The van der Waals surface area contributed by atoms with Crippen molar-refractivity contribution in [1.82, 2.24) is 9.78 Å². The van der Waals surface area contributed by atoms with Crippen molar-refractivity contribution in [3.05, 3.63) is 48.3 Å². The fourth-order valence-electron chi connectivity index (χ4n) is 2.43. The van der Waals surface area contributed by atoms with Crippen molar-refractivity contribution in [2.45, 2.75) is 12.6 Å². The van der Waals surface area contributed by atoms with Crippen LogP contribution in [0.15, 0.2) is 42.7 Å². The Morgan fingerprint density at radius 3 is 2.90 bits per heavy atom. The van der Waals surface area contributed by atoms with Gasteiger partial charge in [0.05, 0.1) is 30.9 Å². The van der Waals surface area contributed by atoms with Gasteiger partial charge in [-0.1, -0.05) is 0 Å². The summed E-state index contributed by atoms with van der Waals surface area (Å²) in [5, 5.41) is 13.0. The van der Waals surface area contributed by atoms with Crippen molar-refractivity contribution in [2.75, 3.05) is 24.6 Å². The molecule has 0 aliphatic carbocycles. The number of nitriles is 1. The Hall–Kier alpha value is -2.32. The Balaban J connectivity index is 1.66. The lowest BCUT2D eigenvalue weighted by Gasteiger charge is -2.34. The zero-order valence-corrected chi connectivity index (χ0v) is 11.1. The Bertz CT molecular complexity index is 585. The summed E-state index contributed by atoms with van der Waals surface area (Å²) in [7, 11) is 0. The molecule has 1 atom stereocenters. The topological polar surface area (TPSA) is 54.1 Å². The number of hydrogen-bond acceptors (Lipinski definition) is 4. The van der Waals surface area contributed by atoms with E-state index in [1.54, 1.807) is 6.20 Å². The van der Waals surface area contributed by atoms with Crippen molar-refractivity contribution < 1.29 is 4.74 Å². The summed E-state index contributed by atoms with van der Waals surface area (Å²) in [4.78, 5) is 2.29. The Morgan fingerprint density at radius 2 is 2.20 bits per heavy atom. The van der Waals surface area contributed by atoms with Crippen molar-refractivity contribution in [3.63, 3.8) is 0 Å². The van der Waals surface area contributed by atoms with Crippen LogP contribution in [0.1, 0.15) is 5.56 Å². The monoisotopic (exact) mass is 268 g/mol. The van der Waals surface area contributed by atoms with Gasteiger partial charge in [-0.2, -0.15) is 10.4 Å². The van der Waals surface area contributed by atoms with Gasteiger partial charge >= 0.3 is 0 Å². The first-order valence-corrected chi connectivity index (χ1v) is 6.69. The molecule has 1 aliphatic rings. The number of aromatic nitrogens is 2. The Kier molecular flexibility index (Phi) is 3.66. The van der Waals surface area contributed by atoms with E-state index in [0.717, 1.165) is 25.3 Å². The molecule has 5 heteroatoms. The summed E-state index contributed by atoms with van der Waals surface area (Å²) in [5.41, 5.74) is 1.83. The first kappa shape index (κ1) is 12.7. The number of morpholine rings is 1. The van der Waals surface area contributed by atoms with Gasteiger partial charge in [0, 0.05) is 31.2 Å². The molecule has 0 N–H and O–H groups in total. The van der Waals surface area contributed by atoms with Gasteiger partial charge in [0.2, 0.25) is 0 Å². The fourth-order valence-corrected chi connectivity index (χ4v) is 2.43. The largest absolute Gasteiger partial charge is 0.373 e. The zero-order chi connectivity index (χ0) is 13.8. The lowest BCUT2D eigenvalue weighted by molar-refractivity contribution is 0.0274. The fraction of sp³-hybridized carbons (Fsp3) is 0.333. The molecule has 0 radical (unpaired) electrons. The maximum absolute atomic E-state index is 8.83. The highest BCUT2D eigenvalue weighted by Gasteiger charge is 2.21. The highest BCUT2D eigenvalue weighted by molar-refractivity contribution is 5.50. The summed E-state index contributed by atoms with van der Waals surface area (Å²) in [6.45, 7) is 3.19. The van der Waals surface area contributed by atoms with E-state index in [1.807, 2.05) is 41.2 Å². The third kappa shape index (κ3) is 2.81. The molecule has 1 aliphatic heterocycles. The van der Waals surface area contributed by atoms with E-state index in [0.29, 0.717) is 12.2 Å². The molecule has 0 unspecified atom stereocenters. The van der Waals surface area contributed by atoms with Gasteiger partial charge in [-0.05, 0) is 30.3 Å². The van der Waals surface area contributed by atoms with Crippen LogP contribution in [0.25, 0.3) is 0 Å². The molecule has 102 valence electrons. The van der Waals surface area contributed by atoms with E-state index >= 15 is 0 Å². The second-order valence-electron chi connectivity index (χ2n) is 4.83. The minimum atomic E-state index is 0.138. The number of anilines is 1. The van der Waals surface area contributed by atoms with E-state index in [1.165, 1.54) is 0 Å². The third-order valence-electron chi connectivity index (χ3n) is 3.45. The first-order chi connectivity index (χ1) is 9.85. The molecule has 1 aromatic carbocycles. The normalized spacial score (nSPS) is 18.8. The maximum Gasteiger partial charge on any atom is 0.0991 e. The molecule has 1 fully saturated rings. The number of nitrogens with zero attached hydrogens (tertiary/aromatic N) is 4. The lowest BCUT2D eigenvalue weighted by Crippen LogP contribution is -2.44. The molecule has 20 heavy (non-hydrogen) atoms. The maximum atomic E-state index is 8.83. The van der Waals surface area contributed by atoms with Crippen LogP contribution < -0.4 is 4.90 Å². The standard InChI is InChI=1S/C15H16N4O/c16-10-13-2-4-14(5-3-13)18-8-9-20-15(11-18)12-19-7-1-6-17-19/h1-7,15H,8-9,11-12H2/t15-/m0/s1. The molecular weight excluding hydrogens is 252 g/mol. The molecule has 0 spiro atoms. The van der Waals surface area contributed by atoms with Crippen LogP contribution >= 0.6 is 0 Å². The predicted octanol–water partition coefficient (Wildman–Crippen LogP) is 1.66. The van der Waals surface area contributed by atoms with Crippen LogP contribution in [0, 0.1) is 11.3 Å². The zero-order valence-electron chi connectivity index (χ0n) is 11.1. The Morgan fingerprint density at radius 1 is 1.35 bits per heavy atom. The molecule has 2 heterocycles. The van der Waals surface area contributed by atoms with E-state index in [2.05, 4.69) is 16.1 Å². The van der Waals surface area contributed by atoms with Gasteiger partial charge in [0.15, 0.2) is 0 Å². The number of benzene rings is 1. The molecule has 2 aromatic rings. The highest BCUT2D eigenvalue weighted by atomic mass is 16.5. The minimum absolute atomic E-state index is 0.138. The predicted molar refractivity (Wildman–Crippen MR) is 75.3 cm³/mol. The molecule has 0 saturated carbocycles.